The van der Waals surface area contributed by atoms with Crippen LogP contribution in [0.1, 0.15) is 29.1 Å². The molecule has 1 fully saturated rings. The molecule has 1 aliphatic rings. The molecule has 1 amide bonds. The lowest BCUT2D eigenvalue weighted by molar-refractivity contribution is -0.119. The van der Waals surface area contributed by atoms with Gasteiger partial charge >= 0.3 is 0 Å². The molecule has 0 saturated carbocycles. The first-order valence-corrected chi connectivity index (χ1v) is 13.4. The molecule has 8 nitrogen and oxygen atoms in total. The number of ether oxygens (including phenoxy) is 2. The predicted molar refractivity (Wildman–Crippen MR) is 158 cm³/mol. The lowest BCUT2D eigenvalue weighted by atomic mass is 10.0. The molecular weight excluding hydrogens is 580 g/mol. The number of pyridine rings is 1. The van der Waals surface area contributed by atoms with Gasteiger partial charge in [-0.2, -0.15) is 0 Å². The quantitative estimate of drug-likeness (QED) is 0.230. The fraction of sp³-hybridized carbons (Fsp3) is 0.207. The van der Waals surface area contributed by atoms with Crippen molar-refractivity contribution in [1.82, 2.24) is 10.3 Å². The molecule has 5 rings (SSSR count). The Bertz CT molecular complexity index is 1510. The predicted octanol–water partition coefficient (Wildman–Crippen LogP) is 6.18. The van der Waals surface area contributed by atoms with Crippen molar-refractivity contribution in [2.75, 3.05) is 31.0 Å². The number of nitrogens with one attached hydrogen (secondary N) is 2. The number of carbonyl (C=O) groups excluding carboxylic acids is 1. The van der Waals surface area contributed by atoms with Crippen LogP contribution in [0.2, 0.25) is 0 Å². The molecule has 1 aliphatic heterocycles. The molecule has 0 spiro atoms. The Labute approximate surface area is 240 Å². The topological polar surface area (TPSA) is 88.9 Å². The van der Waals surface area contributed by atoms with Gasteiger partial charge in [-0.15, -0.1) is 0 Å². The van der Waals surface area contributed by atoms with Crippen molar-refractivity contribution < 1.29 is 18.7 Å². The number of furan rings is 1. The zero-order valence-corrected chi connectivity index (χ0v) is 24.0. The van der Waals surface area contributed by atoms with Gasteiger partial charge in [0.05, 0.1) is 24.5 Å². The van der Waals surface area contributed by atoms with Crippen LogP contribution in [0.3, 0.4) is 0 Å². The molecule has 2 aromatic carbocycles. The number of anilines is 2. The van der Waals surface area contributed by atoms with E-state index in [2.05, 4.69) is 37.6 Å². The molecule has 2 aromatic heterocycles. The van der Waals surface area contributed by atoms with E-state index in [1.165, 1.54) is 7.11 Å². The second-order valence-corrected chi connectivity index (χ2v) is 10.3. The molecular formula is C29H27BrN4O4S. The lowest BCUT2D eigenvalue weighted by Crippen LogP contribution is -2.29. The molecule has 200 valence electrons. The van der Waals surface area contributed by atoms with Gasteiger partial charge in [-0.1, -0.05) is 28.1 Å². The van der Waals surface area contributed by atoms with E-state index in [1.807, 2.05) is 66.4 Å². The van der Waals surface area contributed by atoms with Crippen LogP contribution < -0.4 is 20.3 Å². The van der Waals surface area contributed by atoms with E-state index < -0.39 is 0 Å². The zero-order valence-electron chi connectivity index (χ0n) is 21.6. The van der Waals surface area contributed by atoms with Gasteiger partial charge < -0.3 is 29.4 Å². The van der Waals surface area contributed by atoms with Crippen LogP contribution in [0.15, 0.2) is 81.8 Å². The summed E-state index contributed by atoms with van der Waals surface area (Å²) in [7, 11) is 3.02. The number of thiocarbonyl (C=S) groups is 1. The minimum Gasteiger partial charge on any atom is -0.495 e. The molecule has 2 atom stereocenters. The van der Waals surface area contributed by atoms with Crippen molar-refractivity contribution in [2.24, 2.45) is 0 Å². The third-order valence-corrected chi connectivity index (χ3v) is 7.39. The van der Waals surface area contributed by atoms with Gasteiger partial charge in [-0.25, -0.2) is 0 Å². The van der Waals surface area contributed by atoms with E-state index >= 15 is 0 Å². The van der Waals surface area contributed by atoms with Crippen LogP contribution in [0.5, 0.6) is 5.75 Å². The van der Waals surface area contributed by atoms with E-state index in [0.29, 0.717) is 22.3 Å². The molecule has 0 unspecified atom stereocenters. The van der Waals surface area contributed by atoms with Crippen LogP contribution in [-0.4, -0.2) is 36.8 Å². The summed E-state index contributed by atoms with van der Waals surface area (Å²) in [5.74, 6) is 1.67. The van der Waals surface area contributed by atoms with Crippen LogP contribution >= 0.6 is 28.1 Å². The Morgan fingerprint density at radius 3 is 2.72 bits per heavy atom. The highest BCUT2D eigenvalue weighted by molar-refractivity contribution is 9.10. The van der Waals surface area contributed by atoms with E-state index in [0.717, 1.165) is 32.7 Å². The van der Waals surface area contributed by atoms with Gasteiger partial charge in [-0.3, -0.25) is 9.78 Å². The van der Waals surface area contributed by atoms with Crippen molar-refractivity contribution >= 4 is 50.5 Å². The standard InChI is InChI=1S/C29H27BrN4O4S/c1-17-7-9-19(20(30)14-17)23-11-12-25(38-23)28-27(21-6-4-5-13-31-21)33-29(39)34(28)18-8-10-24(37-3)22(15-18)32-26(35)16-36-2/h4-15,27-28H,16H2,1-3H3,(H,32,35)(H,33,39)/t27-,28+/m1/s1. The molecule has 39 heavy (non-hydrogen) atoms. The molecule has 0 radical (unpaired) electrons. The maximum atomic E-state index is 12.3. The van der Waals surface area contributed by atoms with Gasteiger partial charge in [0.1, 0.15) is 29.9 Å². The zero-order chi connectivity index (χ0) is 27.5. The highest BCUT2D eigenvalue weighted by Gasteiger charge is 2.43. The Morgan fingerprint density at radius 2 is 2.00 bits per heavy atom. The Hall–Kier alpha value is -3.73. The van der Waals surface area contributed by atoms with E-state index in [-0.39, 0.29) is 24.6 Å². The summed E-state index contributed by atoms with van der Waals surface area (Å²) < 4.78 is 17.9. The molecule has 2 N–H and O–H groups in total. The van der Waals surface area contributed by atoms with Gasteiger partial charge in [0.25, 0.3) is 0 Å². The minimum atomic E-state index is -0.360. The molecule has 0 bridgehead atoms. The third-order valence-electron chi connectivity index (χ3n) is 6.42. The monoisotopic (exact) mass is 606 g/mol. The number of hydrogen-bond donors (Lipinski definition) is 2. The molecule has 3 heterocycles. The largest absolute Gasteiger partial charge is 0.495 e. The summed E-state index contributed by atoms with van der Waals surface area (Å²) in [4.78, 5) is 18.9. The van der Waals surface area contributed by atoms with Crippen LogP contribution in [0.25, 0.3) is 11.3 Å². The first kappa shape index (κ1) is 26.9. The number of halogens is 1. The third kappa shape index (κ3) is 5.54. The summed E-state index contributed by atoms with van der Waals surface area (Å²) in [5.41, 5.74) is 4.18. The maximum absolute atomic E-state index is 12.3. The lowest BCUT2D eigenvalue weighted by Gasteiger charge is -2.27. The second kappa shape index (κ2) is 11.6. The second-order valence-electron chi connectivity index (χ2n) is 9.05. The molecule has 4 aromatic rings. The van der Waals surface area contributed by atoms with Crippen molar-refractivity contribution in [2.45, 2.75) is 19.0 Å². The average molecular weight is 608 g/mol. The number of rotatable bonds is 8. The molecule has 0 aliphatic carbocycles. The van der Waals surface area contributed by atoms with Crippen LogP contribution in [0.4, 0.5) is 11.4 Å². The van der Waals surface area contributed by atoms with Crippen LogP contribution in [-0.2, 0) is 9.53 Å². The van der Waals surface area contributed by atoms with Gasteiger partial charge in [0, 0.05) is 29.0 Å². The van der Waals surface area contributed by atoms with Crippen molar-refractivity contribution in [3.8, 4) is 17.1 Å². The van der Waals surface area contributed by atoms with E-state index in [4.69, 9.17) is 26.1 Å². The van der Waals surface area contributed by atoms with E-state index in [1.54, 1.807) is 19.4 Å². The number of nitrogens with zero attached hydrogens (tertiary/aromatic N) is 2. The van der Waals surface area contributed by atoms with Crippen LogP contribution in [0, 0.1) is 6.92 Å². The normalized spacial score (nSPS) is 16.7. The highest BCUT2D eigenvalue weighted by Crippen LogP contribution is 2.44. The Balaban J connectivity index is 1.59. The Kier molecular flexibility index (Phi) is 7.97. The number of aromatic nitrogens is 1. The molecule has 1 saturated heterocycles. The Morgan fingerprint density at radius 1 is 1.15 bits per heavy atom. The number of carbonyl (C=O) groups is 1. The van der Waals surface area contributed by atoms with E-state index in [9.17, 15) is 4.79 Å². The first-order chi connectivity index (χ1) is 18.9. The maximum Gasteiger partial charge on any atom is 0.250 e. The summed E-state index contributed by atoms with van der Waals surface area (Å²) in [6, 6.07) is 20.7. The summed E-state index contributed by atoms with van der Waals surface area (Å²) in [6.45, 7) is 1.97. The van der Waals surface area contributed by atoms with Gasteiger partial charge in [0.2, 0.25) is 5.91 Å². The smallest absolute Gasteiger partial charge is 0.250 e. The summed E-state index contributed by atoms with van der Waals surface area (Å²) in [5, 5.41) is 6.79. The first-order valence-electron chi connectivity index (χ1n) is 12.2. The average Bonchev–Trinajstić information content (AvgIpc) is 3.54. The van der Waals surface area contributed by atoms with Crippen molar-refractivity contribution in [1.29, 1.82) is 0 Å². The van der Waals surface area contributed by atoms with Gasteiger partial charge in [-0.05, 0) is 79.3 Å². The summed E-state index contributed by atoms with van der Waals surface area (Å²) >= 11 is 9.51. The highest BCUT2D eigenvalue weighted by atomic mass is 79.9. The number of hydrogen-bond acceptors (Lipinski definition) is 6. The number of aryl methyl sites for hydroxylation is 1. The van der Waals surface area contributed by atoms with Gasteiger partial charge in [0.15, 0.2) is 5.11 Å². The van der Waals surface area contributed by atoms with Crippen molar-refractivity contribution in [3.05, 3.63) is 94.4 Å². The SMILES string of the molecule is COCC(=O)Nc1cc(N2C(=S)N[C@H](c3ccccn3)[C@@H]2c2ccc(-c3ccc(C)cc3Br)o2)ccc1OC. The number of amides is 1. The fourth-order valence-corrected chi connectivity index (χ4v) is 5.69. The number of methoxy groups -OCH3 is 2. The minimum absolute atomic E-state index is 0.0782. The summed E-state index contributed by atoms with van der Waals surface area (Å²) in [6.07, 6.45) is 1.76. The number of benzene rings is 2. The van der Waals surface area contributed by atoms with Crippen molar-refractivity contribution in [3.63, 3.8) is 0 Å². The molecule has 10 heteroatoms. The fourth-order valence-electron chi connectivity index (χ4n) is 4.66.